The number of piperidine rings is 2. The fraction of sp³-hybridized carbons (Fsp3) is 0.722. The highest BCUT2D eigenvalue weighted by molar-refractivity contribution is 5.78. The van der Waals surface area contributed by atoms with Crippen LogP contribution in [0.1, 0.15) is 50.7 Å². The Labute approximate surface area is 137 Å². The molecule has 0 radical (unpaired) electrons. The van der Waals surface area contributed by atoms with Gasteiger partial charge in [0.1, 0.15) is 11.4 Å². The number of fused-ring (bicyclic) bond motifs is 2. The van der Waals surface area contributed by atoms with Crippen LogP contribution in [0.3, 0.4) is 0 Å². The lowest BCUT2D eigenvalue weighted by molar-refractivity contribution is -0.137. The average Bonchev–Trinajstić information content (AvgIpc) is 3.18. The van der Waals surface area contributed by atoms with E-state index in [9.17, 15) is 9.90 Å². The van der Waals surface area contributed by atoms with E-state index >= 15 is 0 Å². The molecule has 1 N–H and O–H groups in total. The van der Waals surface area contributed by atoms with Gasteiger partial charge in [0.15, 0.2) is 0 Å². The van der Waals surface area contributed by atoms with Crippen molar-refractivity contribution >= 4 is 5.91 Å². The van der Waals surface area contributed by atoms with Crippen LogP contribution in [-0.4, -0.2) is 52.5 Å². The Bertz CT molecular complexity index is 537. The molecule has 1 aromatic heterocycles. The summed E-state index contributed by atoms with van der Waals surface area (Å²) in [6, 6.07) is 4.28. The van der Waals surface area contributed by atoms with Crippen molar-refractivity contribution in [2.45, 2.75) is 62.6 Å². The monoisotopic (exact) mass is 318 g/mol. The molecule has 4 heterocycles. The minimum atomic E-state index is -0.861. The molecule has 0 aliphatic carbocycles. The van der Waals surface area contributed by atoms with E-state index in [4.69, 9.17) is 4.42 Å². The minimum absolute atomic E-state index is 0.269. The van der Waals surface area contributed by atoms with Crippen LogP contribution in [0, 0.1) is 0 Å². The van der Waals surface area contributed by atoms with Gasteiger partial charge in [-0.05, 0) is 57.1 Å². The number of likely N-dealkylation sites (tertiary alicyclic amines) is 1. The van der Waals surface area contributed by atoms with Crippen molar-refractivity contribution in [1.82, 2.24) is 9.80 Å². The highest BCUT2D eigenvalue weighted by Gasteiger charge is 2.50. The SMILES string of the molecule is O=C(CN1[C@H]2CC[C@H]1CC(O)(c1ccco1)C2)N1CCCCC1. The molecule has 2 bridgehead atoms. The number of rotatable bonds is 3. The molecule has 0 unspecified atom stereocenters. The molecule has 1 aromatic rings. The average molecular weight is 318 g/mol. The molecular formula is C18H26N2O3. The maximum atomic E-state index is 12.6. The largest absolute Gasteiger partial charge is 0.466 e. The number of hydrogen-bond acceptors (Lipinski definition) is 4. The van der Waals surface area contributed by atoms with Gasteiger partial charge in [0.05, 0.1) is 12.8 Å². The summed E-state index contributed by atoms with van der Waals surface area (Å²) in [5, 5.41) is 11.0. The fourth-order valence-corrected chi connectivity index (χ4v) is 4.72. The first-order valence-electron chi connectivity index (χ1n) is 8.96. The van der Waals surface area contributed by atoms with Gasteiger partial charge in [-0.1, -0.05) is 0 Å². The van der Waals surface area contributed by atoms with Crippen molar-refractivity contribution in [1.29, 1.82) is 0 Å². The molecule has 23 heavy (non-hydrogen) atoms. The molecule has 3 aliphatic rings. The van der Waals surface area contributed by atoms with E-state index in [1.165, 1.54) is 6.42 Å². The second-order valence-electron chi connectivity index (χ2n) is 7.42. The van der Waals surface area contributed by atoms with E-state index < -0.39 is 5.60 Å². The number of nitrogens with zero attached hydrogens (tertiary/aromatic N) is 2. The van der Waals surface area contributed by atoms with E-state index in [1.807, 2.05) is 17.0 Å². The Morgan fingerprint density at radius 1 is 1.22 bits per heavy atom. The zero-order valence-electron chi connectivity index (χ0n) is 13.6. The molecule has 1 amide bonds. The second kappa shape index (κ2) is 5.95. The molecule has 5 heteroatoms. The third-order valence-corrected chi connectivity index (χ3v) is 5.92. The van der Waals surface area contributed by atoms with Crippen molar-refractivity contribution in [3.8, 4) is 0 Å². The Morgan fingerprint density at radius 2 is 1.91 bits per heavy atom. The first-order valence-corrected chi connectivity index (χ1v) is 8.96. The van der Waals surface area contributed by atoms with Crippen LogP contribution in [0.4, 0.5) is 0 Å². The van der Waals surface area contributed by atoms with Crippen LogP contribution >= 0.6 is 0 Å². The molecule has 3 fully saturated rings. The van der Waals surface area contributed by atoms with Crippen LogP contribution in [0.25, 0.3) is 0 Å². The van der Waals surface area contributed by atoms with Crippen LogP contribution in [0.5, 0.6) is 0 Å². The van der Waals surface area contributed by atoms with Crippen molar-refractivity contribution < 1.29 is 14.3 Å². The van der Waals surface area contributed by atoms with E-state index in [0.717, 1.165) is 38.8 Å². The van der Waals surface area contributed by atoms with Gasteiger partial charge in [0.25, 0.3) is 0 Å². The smallest absolute Gasteiger partial charge is 0.236 e. The van der Waals surface area contributed by atoms with E-state index in [-0.39, 0.29) is 18.0 Å². The molecule has 2 atom stereocenters. The first-order chi connectivity index (χ1) is 11.2. The Balaban J connectivity index is 1.43. The maximum absolute atomic E-state index is 12.6. The van der Waals surface area contributed by atoms with E-state index in [2.05, 4.69) is 4.90 Å². The summed E-state index contributed by atoms with van der Waals surface area (Å²) in [7, 11) is 0. The molecule has 3 saturated heterocycles. The predicted molar refractivity (Wildman–Crippen MR) is 85.8 cm³/mol. The molecule has 126 valence electrons. The second-order valence-corrected chi connectivity index (χ2v) is 7.42. The normalized spacial score (nSPS) is 34.7. The summed E-state index contributed by atoms with van der Waals surface area (Å²) < 4.78 is 5.47. The van der Waals surface area contributed by atoms with Crippen LogP contribution < -0.4 is 0 Å². The zero-order chi connectivity index (χ0) is 15.9. The Hall–Kier alpha value is -1.33. The molecule has 5 nitrogen and oxygen atoms in total. The molecular weight excluding hydrogens is 292 g/mol. The van der Waals surface area contributed by atoms with Gasteiger partial charge in [-0.2, -0.15) is 0 Å². The minimum Gasteiger partial charge on any atom is -0.466 e. The molecule has 4 rings (SSSR count). The summed E-state index contributed by atoms with van der Waals surface area (Å²) in [4.78, 5) is 16.9. The first kappa shape index (κ1) is 15.2. The quantitative estimate of drug-likeness (QED) is 0.927. The topological polar surface area (TPSA) is 56.9 Å². The number of carbonyl (C=O) groups is 1. The summed E-state index contributed by atoms with van der Waals surface area (Å²) in [5.41, 5.74) is -0.861. The lowest BCUT2D eigenvalue weighted by Gasteiger charge is -2.43. The summed E-state index contributed by atoms with van der Waals surface area (Å²) >= 11 is 0. The highest BCUT2D eigenvalue weighted by atomic mass is 16.4. The van der Waals surface area contributed by atoms with Crippen molar-refractivity contribution in [2.24, 2.45) is 0 Å². The number of furan rings is 1. The molecule has 0 aromatic carbocycles. The molecule has 0 saturated carbocycles. The number of carbonyl (C=O) groups excluding carboxylic acids is 1. The predicted octanol–water partition coefficient (Wildman–Crippen LogP) is 2.11. The summed E-state index contributed by atoms with van der Waals surface area (Å²) in [5.74, 6) is 0.946. The van der Waals surface area contributed by atoms with Gasteiger partial charge in [0.2, 0.25) is 5.91 Å². The number of amides is 1. The lowest BCUT2D eigenvalue weighted by atomic mass is 9.84. The fourth-order valence-electron chi connectivity index (χ4n) is 4.72. The zero-order valence-corrected chi connectivity index (χ0v) is 13.6. The van der Waals surface area contributed by atoms with Gasteiger partial charge in [-0.25, -0.2) is 0 Å². The van der Waals surface area contributed by atoms with Crippen LogP contribution in [-0.2, 0) is 10.4 Å². The highest BCUT2D eigenvalue weighted by Crippen LogP contribution is 2.45. The lowest BCUT2D eigenvalue weighted by Crippen LogP contribution is -2.53. The van der Waals surface area contributed by atoms with Crippen molar-refractivity contribution in [3.05, 3.63) is 24.2 Å². The summed E-state index contributed by atoms with van der Waals surface area (Å²) in [6.07, 6.45) is 8.63. The molecule has 0 spiro atoms. The van der Waals surface area contributed by atoms with Gasteiger partial charge >= 0.3 is 0 Å². The maximum Gasteiger partial charge on any atom is 0.236 e. The third kappa shape index (κ3) is 2.81. The van der Waals surface area contributed by atoms with E-state index in [0.29, 0.717) is 25.1 Å². The summed E-state index contributed by atoms with van der Waals surface area (Å²) in [6.45, 7) is 2.35. The number of hydrogen-bond donors (Lipinski definition) is 1. The Morgan fingerprint density at radius 3 is 2.52 bits per heavy atom. The van der Waals surface area contributed by atoms with Crippen molar-refractivity contribution in [3.63, 3.8) is 0 Å². The van der Waals surface area contributed by atoms with Gasteiger partial charge in [-0.3, -0.25) is 9.69 Å². The van der Waals surface area contributed by atoms with Crippen molar-refractivity contribution in [2.75, 3.05) is 19.6 Å². The third-order valence-electron chi connectivity index (χ3n) is 5.92. The van der Waals surface area contributed by atoms with Crippen LogP contribution in [0.2, 0.25) is 0 Å². The van der Waals surface area contributed by atoms with E-state index in [1.54, 1.807) is 6.26 Å². The van der Waals surface area contributed by atoms with Gasteiger partial charge in [-0.15, -0.1) is 0 Å². The number of aliphatic hydroxyl groups is 1. The van der Waals surface area contributed by atoms with Gasteiger partial charge < -0.3 is 14.4 Å². The Kier molecular flexibility index (Phi) is 3.93. The van der Waals surface area contributed by atoms with Crippen LogP contribution in [0.15, 0.2) is 22.8 Å². The van der Waals surface area contributed by atoms with Gasteiger partial charge in [0, 0.05) is 25.2 Å². The molecule has 3 aliphatic heterocycles. The standard InChI is InChI=1S/C18H26N2O3/c21-17(19-8-2-1-3-9-19)13-20-14-6-7-15(20)12-18(22,11-14)16-5-4-10-23-16/h4-5,10,14-15,22H,1-3,6-9,11-13H2/t14-,15-/m0/s1.